The van der Waals surface area contributed by atoms with Crippen molar-refractivity contribution in [3.05, 3.63) is 24.3 Å². The zero-order valence-corrected chi connectivity index (χ0v) is 12.1. The molecule has 1 unspecified atom stereocenters. The number of methoxy groups -OCH3 is 1. The van der Waals surface area contributed by atoms with Crippen LogP contribution in [0.2, 0.25) is 0 Å². The Kier molecular flexibility index (Phi) is 6.83. The first-order chi connectivity index (χ1) is 9.56. The van der Waals surface area contributed by atoms with Crippen LogP contribution in [0, 0.1) is 0 Å². The molecule has 2 N–H and O–H groups in total. The maximum Gasteiger partial charge on any atom is 0.321 e. The van der Waals surface area contributed by atoms with Crippen LogP contribution in [-0.4, -0.2) is 56.1 Å². The van der Waals surface area contributed by atoms with Gasteiger partial charge in [0.15, 0.2) is 0 Å². The molecular formula is C14H22N2O4. The highest BCUT2D eigenvalue weighted by Gasteiger charge is 2.13. The van der Waals surface area contributed by atoms with Gasteiger partial charge in [-0.2, -0.15) is 0 Å². The molecule has 0 aromatic heterocycles. The molecule has 0 radical (unpaired) electrons. The lowest BCUT2D eigenvalue weighted by Gasteiger charge is -2.21. The highest BCUT2D eigenvalue weighted by atomic mass is 16.5. The molecule has 0 saturated heterocycles. The van der Waals surface area contributed by atoms with Crippen molar-refractivity contribution in [2.24, 2.45) is 0 Å². The average Bonchev–Trinajstić information content (AvgIpc) is 2.41. The Labute approximate surface area is 119 Å². The van der Waals surface area contributed by atoms with Crippen LogP contribution >= 0.6 is 0 Å². The number of ether oxygens (including phenoxy) is 2. The number of hydrogen-bond donors (Lipinski definition) is 2. The number of nitrogens with zero attached hydrogens (tertiary/aromatic N) is 1. The summed E-state index contributed by atoms with van der Waals surface area (Å²) in [6, 6.07) is 6.83. The van der Waals surface area contributed by atoms with Gasteiger partial charge in [-0.1, -0.05) is 0 Å². The van der Waals surface area contributed by atoms with Gasteiger partial charge in [0.25, 0.3) is 0 Å². The maximum absolute atomic E-state index is 11.9. The van der Waals surface area contributed by atoms with Crippen molar-refractivity contribution in [2.75, 3.05) is 39.2 Å². The van der Waals surface area contributed by atoms with Crippen molar-refractivity contribution in [1.29, 1.82) is 0 Å². The second kappa shape index (κ2) is 8.39. The van der Waals surface area contributed by atoms with Gasteiger partial charge in [-0.25, -0.2) is 4.79 Å². The monoisotopic (exact) mass is 282 g/mol. The van der Waals surface area contributed by atoms with Crippen LogP contribution in [0.25, 0.3) is 0 Å². The molecule has 1 aromatic rings. The van der Waals surface area contributed by atoms with Crippen LogP contribution in [0.4, 0.5) is 10.5 Å². The van der Waals surface area contributed by atoms with Gasteiger partial charge in [-0.3, -0.25) is 0 Å². The van der Waals surface area contributed by atoms with E-state index in [1.165, 1.54) is 12.0 Å². The Morgan fingerprint density at radius 1 is 1.40 bits per heavy atom. The molecule has 0 bridgehead atoms. The fraction of sp³-hybridized carbons (Fsp3) is 0.500. The number of anilines is 1. The molecular weight excluding hydrogens is 260 g/mol. The first kappa shape index (κ1) is 16.3. The van der Waals surface area contributed by atoms with Crippen molar-refractivity contribution in [2.45, 2.75) is 13.0 Å². The van der Waals surface area contributed by atoms with Crippen molar-refractivity contribution in [1.82, 2.24) is 4.90 Å². The molecule has 0 aliphatic carbocycles. The van der Waals surface area contributed by atoms with Crippen molar-refractivity contribution >= 4 is 11.7 Å². The predicted molar refractivity (Wildman–Crippen MR) is 77.1 cm³/mol. The van der Waals surface area contributed by atoms with Crippen LogP contribution in [0.5, 0.6) is 5.75 Å². The molecule has 2 amide bonds. The van der Waals surface area contributed by atoms with Gasteiger partial charge in [0.1, 0.15) is 5.75 Å². The number of likely N-dealkylation sites (N-methyl/N-ethyl adjacent to an activating group) is 1. The molecule has 20 heavy (non-hydrogen) atoms. The van der Waals surface area contributed by atoms with E-state index >= 15 is 0 Å². The summed E-state index contributed by atoms with van der Waals surface area (Å²) in [7, 11) is 3.12. The summed E-state index contributed by atoms with van der Waals surface area (Å²) >= 11 is 0. The summed E-state index contributed by atoms with van der Waals surface area (Å²) in [4.78, 5) is 13.3. The Hall–Kier alpha value is -1.79. The molecule has 0 saturated carbocycles. The summed E-state index contributed by atoms with van der Waals surface area (Å²) in [6.45, 7) is 2.92. The molecule has 6 nitrogen and oxygen atoms in total. The average molecular weight is 282 g/mol. The first-order valence-corrected chi connectivity index (χ1v) is 6.48. The van der Waals surface area contributed by atoms with Gasteiger partial charge in [0.2, 0.25) is 0 Å². The molecule has 0 spiro atoms. The number of carbonyl (C=O) groups is 1. The number of benzene rings is 1. The van der Waals surface area contributed by atoms with Crippen LogP contribution < -0.4 is 10.1 Å². The lowest BCUT2D eigenvalue weighted by Crippen LogP contribution is -2.38. The van der Waals surface area contributed by atoms with E-state index in [-0.39, 0.29) is 19.2 Å². The van der Waals surface area contributed by atoms with Crippen LogP contribution in [0.3, 0.4) is 0 Å². The number of rotatable bonds is 7. The summed E-state index contributed by atoms with van der Waals surface area (Å²) < 4.78 is 10.1. The number of amides is 2. The highest BCUT2D eigenvalue weighted by molar-refractivity contribution is 5.89. The van der Waals surface area contributed by atoms with E-state index < -0.39 is 6.10 Å². The maximum atomic E-state index is 11.9. The third-order valence-electron chi connectivity index (χ3n) is 2.61. The lowest BCUT2D eigenvalue weighted by molar-refractivity contribution is 0.0501. The van der Waals surface area contributed by atoms with Gasteiger partial charge >= 0.3 is 6.03 Å². The summed E-state index contributed by atoms with van der Waals surface area (Å²) in [6.07, 6.45) is -0.698. The van der Waals surface area contributed by atoms with Crippen LogP contribution in [-0.2, 0) is 4.74 Å². The molecule has 1 atom stereocenters. The Bertz CT molecular complexity index is 408. The van der Waals surface area contributed by atoms with Crippen molar-refractivity contribution < 1.29 is 19.4 Å². The van der Waals surface area contributed by atoms with E-state index in [9.17, 15) is 9.90 Å². The fourth-order valence-corrected chi connectivity index (χ4v) is 1.66. The standard InChI is InChI=1S/C14H22N2O4/c1-4-20-13-7-5-11(6-8-13)15-14(18)16(2)9-12(17)10-19-3/h5-8,12,17H,4,9-10H2,1-3H3,(H,15,18). The van der Waals surface area contributed by atoms with Gasteiger partial charge in [-0.05, 0) is 31.2 Å². The Morgan fingerprint density at radius 2 is 2.05 bits per heavy atom. The molecule has 0 heterocycles. The molecule has 1 rings (SSSR count). The molecule has 0 aliphatic rings. The Morgan fingerprint density at radius 3 is 2.60 bits per heavy atom. The summed E-state index contributed by atoms with van der Waals surface area (Å²) in [5.74, 6) is 0.759. The summed E-state index contributed by atoms with van der Waals surface area (Å²) in [5, 5.41) is 12.3. The van der Waals surface area contributed by atoms with Crippen molar-refractivity contribution in [3.63, 3.8) is 0 Å². The van der Waals surface area contributed by atoms with E-state index in [4.69, 9.17) is 9.47 Å². The van der Waals surface area contributed by atoms with Gasteiger partial charge in [0.05, 0.1) is 25.9 Å². The van der Waals surface area contributed by atoms with E-state index in [2.05, 4.69) is 5.32 Å². The molecule has 0 fully saturated rings. The smallest absolute Gasteiger partial charge is 0.321 e. The van der Waals surface area contributed by atoms with Gasteiger partial charge in [0, 0.05) is 19.8 Å². The third kappa shape index (κ3) is 5.46. The van der Waals surface area contributed by atoms with E-state index in [1.54, 1.807) is 31.3 Å². The van der Waals surface area contributed by atoms with Crippen LogP contribution in [0.15, 0.2) is 24.3 Å². The molecule has 0 aliphatic heterocycles. The number of carbonyl (C=O) groups excluding carboxylic acids is 1. The lowest BCUT2D eigenvalue weighted by atomic mass is 10.3. The zero-order chi connectivity index (χ0) is 15.0. The largest absolute Gasteiger partial charge is 0.494 e. The SMILES string of the molecule is CCOc1ccc(NC(=O)N(C)CC(O)COC)cc1. The predicted octanol–water partition coefficient (Wildman–Crippen LogP) is 1.56. The first-order valence-electron chi connectivity index (χ1n) is 6.48. The number of urea groups is 1. The number of hydrogen-bond acceptors (Lipinski definition) is 4. The van der Waals surface area contributed by atoms with E-state index in [1.807, 2.05) is 6.92 Å². The normalized spacial score (nSPS) is 11.8. The third-order valence-corrected chi connectivity index (χ3v) is 2.61. The minimum absolute atomic E-state index is 0.195. The number of aliphatic hydroxyl groups is 1. The summed E-state index contributed by atoms with van der Waals surface area (Å²) in [5.41, 5.74) is 0.673. The van der Waals surface area contributed by atoms with Crippen molar-refractivity contribution in [3.8, 4) is 5.75 Å². The number of aliphatic hydroxyl groups excluding tert-OH is 1. The van der Waals surface area contributed by atoms with E-state index in [0.29, 0.717) is 12.3 Å². The second-order valence-corrected chi connectivity index (χ2v) is 4.38. The Balaban J connectivity index is 2.48. The fourth-order valence-electron chi connectivity index (χ4n) is 1.66. The van der Waals surface area contributed by atoms with Gasteiger partial charge < -0.3 is 24.8 Å². The molecule has 1 aromatic carbocycles. The van der Waals surface area contributed by atoms with Crippen LogP contribution in [0.1, 0.15) is 6.92 Å². The zero-order valence-electron chi connectivity index (χ0n) is 12.1. The molecule has 112 valence electrons. The topological polar surface area (TPSA) is 71.0 Å². The van der Waals surface area contributed by atoms with Gasteiger partial charge in [-0.15, -0.1) is 0 Å². The highest BCUT2D eigenvalue weighted by Crippen LogP contribution is 2.15. The quantitative estimate of drug-likeness (QED) is 0.796. The second-order valence-electron chi connectivity index (χ2n) is 4.38. The minimum Gasteiger partial charge on any atom is -0.494 e. The molecule has 6 heteroatoms. The number of nitrogens with one attached hydrogen (secondary N) is 1. The van der Waals surface area contributed by atoms with E-state index in [0.717, 1.165) is 5.75 Å². The minimum atomic E-state index is -0.698.